The first-order valence-electron chi connectivity index (χ1n) is 4.82. The number of halogens is 1. The maximum Gasteiger partial charge on any atom is 0.232 e. The number of fused-ring (bicyclic) bond motifs is 1. The van der Waals surface area contributed by atoms with Gasteiger partial charge in [-0.05, 0) is 25.0 Å². The zero-order valence-electron chi connectivity index (χ0n) is 8.39. The van der Waals surface area contributed by atoms with Crippen LogP contribution in [0.1, 0.15) is 12.1 Å². The molecule has 0 radical (unpaired) electrons. The molecule has 0 atom stereocenters. The number of hydrogen-bond donors (Lipinski definition) is 0. The van der Waals surface area contributed by atoms with Crippen molar-refractivity contribution in [2.75, 3.05) is 5.75 Å². The Bertz CT molecular complexity index is 591. The molecule has 2 aromatic rings. The zero-order valence-corrected chi connectivity index (χ0v) is 9.96. The summed E-state index contributed by atoms with van der Waals surface area (Å²) in [4.78, 5) is 0. The van der Waals surface area contributed by atoms with E-state index in [0.29, 0.717) is 18.4 Å². The van der Waals surface area contributed by atoms with Gasteiger partial charge in [-0.25, -0.2) is 8.42 Å². The third-order valence-electron chi connectivity index (χ3n) is 2.25. The van der Waals surface area contributed by atoms with Gasteiger partial charge in [0.2, 0.25) is 9.05 Å². The average molecular weight is 260 g/mol. The van der Waals surface area contributed by atoms with Crippen LogP contribution in [0.5, 0.6) is 0 Å². The van der Waals surface area contributed by atoms with Crippen molar-refractivity contribution in [2.24, 2.45) is 0 Å². The molecule has 4 nitrogen and oxygen atoms in total. The summed E-state index contributed by atoms with van der Waals surface area (Å²) in [5, 5.41) is 4.83. The fraction of sp³-hybridized carbons (Fsp3) is 0.300. The Labute approximate surface area is 97.6 Å². The number of nitrogens with zero attached hydrogens (tertiary/aromatic N) is 1. The lowest BCUT2D eigenvalue weighted by atomic mass is 10.1. The number of para-hydroxylation sites is 1. The maximum atomic E-state index is 10.7. The van der Waals surface area contributed by atoms with E-state index < -0.39 is 9.05 Å². The molecule has 0 saturated carbocycles. The van der Waals surface area contributed by atoms with Crippen molar-refractivity contribution in [3.63, 3.8) is 0 Å². The van der Waals surface area contributed by atoms with Crippen LogP contribution in [0, 0.1) is 0 Å². The van der Waals surface area contributed by atoms with E-state index in [0.717, 1.165) is 11.1 Å². The molecule has 0 aliphatic carbocycles. The summed E-state index contributed by atoms with van der Waals surface area (Å²) < 4.78 is 26.6. The van der Waals surface area contributed by atoms with Crippen molar-refractivity contribution >= 4 is 30.7 Å². The first kappa shape index (κ1) is 11.4. The van der Waals surface area contributed by atoms with Gasteiger partial charge in [0.05, 0.1) is 11.4 Å². The molecule has 1 aromatic carbocycles. The monoisotopic (exact) mass is 259 g/mol. The molecular formula is C10H10ClNO3S. The number of rotatable bonds is 4. The molecule has 1 heterocycles. The molecule has 0 unspecified atom stereocenters. The predicted molar refractivity (Wildman–Crippen MR) is 62.0 cm³/mol. The van der Waals surface area contributed by atoms with E-state index in [1.165, 1.54) is 0 Å². The van der Waals surface area contributed by atoms with E-state index >= 15 is 0 Å². The van der Waals surface area contributed by atoms with E-state index in [1.54, 1.807) is 0 Å². The van der Waals surface area contributed by atoms with Gasteiger partial charge in [-0.3, -0.25) is 0 Å². The second kappa shape index (κ2) is 4.43. The van der Waals surface area contributed by atoms with Crippen molar-refractivity contribution in [1.29, 1.82) is 0 Å². The van der Waals surface area contributed by atoms with E-state index in [1.807, 2.05) is 24.3 Å². The van der Waals surface area contributed by atoms with Crippen LogP contribution in [-0.2, 0) is 15.5 Å². The van der Waals surface area contributed by atoms with Gasteiger partial charge in [0, 0.05) is 16.1 Å². The summed E-state index contributed by atoms with van der Waals surface area (Å²) in [6.45, 7) is 0. The Kier molecular flexibility index (Phi) is 3.16. The molecule has 6 heteroatoms. The minimum absolute atomic E-state index is 0.0459. The fourth-order valence-electron chi connectivity index (χ4n) is 1.53. The maximum absolute atomic E-state index is 10.7. The lowest BCUT2D eigenvalue weighted by Gasteiger charge is -1.95. The highest BCUT2D eigenvalue weighted by Gasteiger charge is 2.09. The number of aromatic nitrogens is 1. The molecule has 0 aliphatic rings. The van der Waals surface area contributed by atoms with E-state index in [4.69, 9.17) is 15.2 Å². The first-order valence-corrected chi connectivity index (χ1v) is 7.30. The summed E-state index contributed by atoms with van der Waals surface area (Å²) in [5.41, 5.74) is 1.49. The average Bonchev–Trinajstić information content (AvgIpc) is 2.60. The van der Waals surface area contributed by atoms with Crippen molar-refractivity contribution in [3.05, 3.63) is 30.0 Å². The molecule has 0 spiro atoms. The Morgan fingerprint density at radius 2 is 2.06 bits per heavy atom. The number of aryl methyl sites for hydroxylation is 1. The van der Waals surface area contributed by atoms with Crippen LogP contribution in [-0.4, -0.2) is 19.3 Å². The van der Waals surface area contributed by atoms with E-state index in [2.05, 4.69) is 5.16 Å². The van der Waals surface area contributed by atoms with Gasteiger partial charge in [-0.15, -0.1) is 0 Å². The molecule has 0 fully saturated rings. The molecule has 16 heavy (non-hydrogen) atoms. The summed E-state index contributed by atoms with van der Waals surface area (Å²) in [6.07, 6.45) is 0.991. The van der Waals surface area contributed by atoms with Gasteiger partial charge >= 0.3 is 0 Å². The minimum Gasteiger partial charge on any atom is -0.356 e. The van der Waals surface area contributed by atoms with Crippen molar-refractivity contribution in [1.82, 2.24) is 5.16 Å². The standard InChI is InChI=1S/C10H10ClNO3S/c11-16(13,14)7-3-5-9-8-4-1-2-6-10(8)15-12-9/h1-2,4,6H,3,5,7H2. The predicted octanol–water partition coefficient (Wildman–Crippen LogP) is 2.33. The Morgan fingerprint density at radius 1 is 1.31 bits per heavy atom. The smallest absolute Gasteiger partial charge is 0.232 e. The highest BCUT2D eigenvalue weighted by molar-refractivity contribution is 8.13. The SMILES string of the molecule is O=S(=O)(Cl)CCCc1noc2ccccc12. The Morgan fingerprint density at radius 3 is 2.81 bits per heavy atom. The van der Waals surface area contributed by atoms with Gasteiger partial charge in [-0.1, -0.05) is 17.3 Å². The van der Waals surface area contributed by atoms with Crippen LogP contribution in [0.15, 0.2) is 28.8 Å². The molecule has 0 bridgehead atoms. The van der Waals surface area contributed by atoms with Gasteiger partial charge in [-0.2, -0.15) is 0 Å². The minimum atomic E-state index is -3.42. The van der Waals surface area contributed by atoms with Crippen LogP contribution in [0.25, 0.3) is 11.0 Å². The van der Waals surface area contributed by atoms with Gasteiger partial charge < -0.3 is 4.52 Å². The zero-order chi connectivity index (χ0) is 11.6. The second-order valence-electron chi connectivity index (χ2n) is 3.47. The first-order chi connectivity index (χ1) is 7.56. The molecular weight excluding hydrogens is 250 g/mol. The summed E-state index contributed by atoms with van der Waals surface area (Å²) >= 11 is 0. The molecule has 0 amide bonds. The van der Waals surface area contributed by atoms with Crippen LogP contribution in [0.4, 0.5) is 0 Å². The second-order valence-corrected chi connectivity index (χ2v) is 6.37. The Hall–Kier alpha value is -1.07. The van der Waals surface area contributed by atoms with Gasteiger partial charge in [0.1, 0.15) is 0 Å². The summed E-state index contributed by atoms with van der Waals surface area (Å²) in [5.74, 6) is -0.0459. The van der Waals surface area contributed by atoms with Crippen molar-refractivity contribution in [3.8, 4) is 0 Å². The van der Waals surface area contributed by atoms with Crippen molar-refractivity contribution in [2.45, 2.75) is 12.8 Å². The van der Waals surface area contributed by atoms with E-state index in [9.17, 15) is 8.42 Å². The molecule has 86 valence electrons. The van der Waals surface area contributed by atoms with E-state index in [-0.39, 0.29) is 5.75 Å². The van der Waals surface area contributed by atoms with Crippen LogP contribution in [0.2, 0.25) is 0 Å². The fourth-order valence-corrected chi connectivity index (χ4v) is 2.35. The summed E-state index contributed by atoms with van der Waals surface area (Å²) in [7, 11) is 1.70. The number of hydrogen-bond acceptors (Lipinski definition) is 4. The molecule has 2 rings (SSSR count). The van der Waals surface area contributed by atoms with Crippen LogP contribution >= 0.6 is 10.7 Å². The van der Waals surface area contributed by atoms with Crippen LogP contribution < -0.4 is 0 Å². The van der Waals surface area contributed by atoms with Gasteiger partial charge in [0.25, 0.3) is 0 Å². The third kappa shape index (κ3) is 2.74. The van der Waals surface area contributed by atoms with Crippen molar-refractivity contribution < 1.29 is 12.9 Å². The summed E-state index contributed by atoms with van der Waals surface area (Å²) in [6, 6.07) is 7.47. The molecule has 1 aromatic heterocycles. The van der Waals surface area contributed by atoms with Crippen LogP contribution in [0.3, 0.4) is 0 Å². The quantitative estimate of drug-likeness (QED) is 0.791. The highest BCUT2D eigenvalue weighted by Crippen LogP contribution is 2.19. The Balaban J connectivity index is 2.10. The van der Waals surface area contributed by atoms with Gasteiger partial charge in [0.15, 0.2) is 5.58 Å². The molecule has 0 aliphatic heterocycles. The largest absolute Gasteiger partial charge is 0.356 e. The number of benzene rings is 1. The molecule has 0 saturated heterocycles. The topological polar surface area (TPSA) is 60.2 Å². The normalized spacial score (nSPS) is 12.1. The molecule has 0 N–H and O–H groups in total. The lowest BCUT2D eigenvalue weighted by Crippen LogP contribution is -1.99. The lowest BCUT2D eigenvalue weighted by molar-refractivity contribution is 0.445. The highest BCUT2D eigenvalue weighted by atomic mass is 35.7. The third-order valence-corrected chi connectivity index (χ3v) is 3.49.